The van der Waals surface area contributed by atoms with Crippen LogP contribution >= 0.6 is 0 Å². The Kier molecular flexibility index (Phi) is 3.28. The van der Waals surface area contributed by atoms with E-state index in [0.29, 0.717) is 23.1 Å². The van der Waals surface area contributed by atoms with Crippen molar-refractivity contribution in [1.82, 2.24) is 0 Å². The Balaban J connectivity index is 2.06. The van der Waals surface area contributed by atoms with Crippen molar-refractivity contribution >= 4 is 5.97 Å². The molecule has 5 rings (SSSR count). The van der Waals surface area contributed by atoms with Crippen molar-refractivity contribution in [2.24, 2.45) is 11.3 Å². The van der Waals surface area contributed by atoms with Gasteiger partial charge >= 0.3 is 5.97 Å². The Hall–Kier alpha value is -1.75. The number of esters is 1. The Morgan fingerprint density at radius 2 is 1.88 bits per heavy atom. The van der Waals surface area contributed by atoms with Gasteiger partial charge in [-0.3, -0.25) is 4.79 Å². The summed E-state index contributed by atoms with van der Waals surface area (Å²) in [5.74, 6) is -1.07. The molecule has 0 amide bonds. The summed E-state index contributed by atoms with van der Waals surface area (Å²) in [4.78, 5) is 13.0. The van der Waals surface area contributed by atoms with Crippen molar-refractivity contribution in [3.8, 4) is 11.5 Å². The van der Waals surface area contributed by atoms with Crippen LogP contribution in [0.4, 0.5) is 0 Å². The second kappa shape index (κ2) is 4.91. The lowest BCUT2D eigenvalue weighted by atomic mass is 9.46. The smallest absolute Gasteiger partial charge is 0.317 e. The normalized spacial score (nSPS) is 35.3. The van der Waals surface area contributed by atoms with Crippen LogP contribution in [0.3, 0.4) is 0 Å². The third-order valence-corrected chi connectivity index (χ3v) is 6.72. The van der Waals surface area contributed by atoms with Gasteiger partial charge in [0.1, 0.15) is 5.41 Å². The minimum atomic E-state index is -1.08. The van der Waals surface area contributed by atoms with Crippen LogP contribution in [0.5, 0.6) is 11.5 Å². The van der Waals surface area contributed by atoms with Gasteiger partial charge in [0.2, 0.25) is 0 Å². The second-order valence-corrected chi connectivity index (χ2v) is 8.89. The number of rotatable bonds is 1. The Morgan fingerprint density at radius 1 is 1.20 bits per heavy atom. The summed E-state index contributed by atoms with van der Waals surface area (Å²) in [6.45, 7) is 7.98. The third-order valence-electron chi connectivity index (χ3n) is 6.72. The van der Waals surface area contributed by atoms with E-state index in [1.807, 2.05) is 13.8 Å². The van der Waals surface area contributed by atoms with Gasteiger partial charge in [-0.15, -0.1) is 0 Å². The number of phenolic OH excluding ortho intramolecular Hbond substituents is 2. The van der Waals surface area contributed by atoms with Gasteiger partial charge < -0.3 is 20.1 Å². The summed E-state index contributed by atoms with van der Waals surface area (Å²) in [5.41, 5.74) is 0.405. The predicted octanol–water partition coefficient (Wildman–Crippen LogP) is 3.26. The molecule has 2 heterocycles. The third kappa shape index (κ3) is 1.85. The molecule has 5 nitrogen and oxygen atoms in total. The van der Waals surface area contributed by atoms with Crippen molar-refractivity contribution < 1.29 is 24.9 Å². The van der Waals surface area contributed by atoms with Gasteiger partial charge in [-0.25, -0.2) is 0 Å². The fourth-order valence-electron chi connectivity index (χ4n) is 5.71. The minimum absolute atomic E-state index is 0.000547. The van der Waals surface area contributed by atoms with Gasteiger partial charge in [-0.2, -0.15) is 0 Å². The number of aliphatic hydroxyl groups is 1. The van der Waals surface area contributed by atoms with E-state index in [0.717, 1.165) is 12.8 Å². The lowest BCUT2D eigenvalue weighted by molar-refractivity contribution is -0.213. The molecule has 1 saturated heterocycles. The maximum absolute atomic E-state index is 13.0. The molecule has 1 unspecified atom stereocenters. The standard InChI is InChI=1S/C20H26O5/c1-9(2)10-8-11-12(14(22)13(10)21)20-7-5-6-19(3,4)17(20)15(23)16(11)25-18(20)24/h8-9,15-17,21-23H,5-7H2,1-4H3/t15-,16+,17?,20-/m0/s1. The van der Waals surface area contributed by atoms with Crippen molar-refractivity contribution in [1.29, 1.82) is 0 Å². The van der Waals surface area contributed by atoms with Crippen molar-refractivity contribution in [2.75, 3.05) is 0 Å². The molecular formula is C20H26O5. The highest BCUT2D eigenvalue weighted by atomic mass is 16.6. The van der Waals surface area contributed by atoms with E-state index >= 15 is 0 Å². The highest BCUT2D eigenvalue weighted by Gasteiger charge is 2.68. The molecule has 136 valence electrons. The average molecular weight is 346 g/mol. The number of hydrogen-bond acceptors (Lipinski definition) is 5. The quantitative estimate of drug-likeness (QED) is 0.537. The summed E-state index contributed by atoms with van der Waals surface area (Å²) in [5, 5.41) is 32.5. The van der Waals surface area contributed by atoms with Gasteiger partial charge in [0.25, 0.3) is 0 Å². The van der Waals surface area contributed by atoms with Gasteiger partial charge in [0.15, 0.2) is 17.6 Å². The molecule has 2 aliphatic carbocycles. The van der Waals surface area contributed by atoms with Crippen LogP contribution < -0.4 is 0 Å². The maximum atomic E-state index is 13.0. The molecule has 1 aromatic carbocycles. The number of ether oxygens (including phenoxy) is 1. The van der Waals surface area contributed by atoms with Crippen molar-refractivity contribution in [3.63, 3.8) is 0 Å². The number of benzene rings is 1. The Morgan fingerprint density at radius 3 is 2.52 bits per heavy atom. The number of fused-ring (bicyclic) bond motifs is 1. The predicted molar refractivity (Wildman–Crippen MR) is 91.5 cm³/mol. The van der Waals surface area contributed by atoms with E-state index in [1.165, 1.54) is 0 Å². The first-order chi connectivity index (χ1) is 11.6. The highest BCUT2D eigenvalue weighted by Crippen LogP contribution is 2.66. The minimum Gasteiger partial charge on any atom is -0.504 e. The van der Waals surface area contributed by atoms with E-state index in [1.54, 1.807) is 6.07 Å². The summed E-state index contributed by atoms with van der Waals surface area (Å²) >= 11 is 0. The fraction of sp³-hybridized carbons (Fsp3) is 0.650. The molecular weight excluding hydrogens is 320 g/mol. The van der Waals surface area contributed by atoms with Crippen LogP contribution in [0, 0.1) is 11.3 Å². The van der Waals surface area contributed by atoms with Gasteiger partial charge in [0.05, 0.1) is 6.10 Å². The summed E-state index contributed by atoms with van der Waals surface area (Å²) in [7, 11) is 0. The van der Waals surface area contributed by atoms with Crippen molar-refractivity contribution in [2.45, 2.75) is 70.5 Å². The molecule has 3 N–H and O–H groups in total. The molecule has 2 bridgehead atoms. The zero-order valence-electron chi connectivity index (χ0n) is 15.2. The average Bonchev–Trinajstić information content (AvgIpc) is 2.51. The molecule has 2 fully saturated rings. The first-order valence-corrected chi connectivity index (χ1v) is 9.11. The van der Waals surface area contributed by atoms with Crippen LogP contribution in [-0.2, 0) is 14.9 Å². The van der Waals surface area contributed by atoms with Gasteiger partial charge in [-0.1, -0.05) is 34.1 Å². The van der Waals surface area contributed by atoms with E-state index < -0.39 is 17.6 Å². The Bertz CT molecular complexity index is 766. The molecule has 1 aromatic rings. The highest BCUT2D eigenvalue weighted by molar-refractivity contribution is 5.90. The lowest BCUT2D eigenvalue weighted by Crippen LogP contribution is -2.65. The molecule has 4 aliphatic rings. The number of carbonyl (C=O) groups is 1. The maximum Gasteiger partial charge on any atom is 0.317 e. The number of aromatic hydroxyl groups is 2. The zero-order chi connectivity index (χ0) is 18.3. The van der Waals surface area contributed by atoms with E-state index in [4.69, 9.17) is 4.74 Å². The molecule has 4 atom stereocenters. The fourth-order valence-corrected chi connectivity index (χ4v) is 5.71. The summed E-state index contributed by atoms with van der Waals surface area (Å²) in [6.07, 6.45) is 0.648. The van der Waals surface area contributed by atoms with Crippen LogP contribution in [0.15, 0.2) is 6.07 Å². The monoisotopic (exact) mass is 346 g/mol. The van der Waals surface area contributed by atoms with E-state index in [-0.39, 0.29) is 34.7 Å². The molecule has 0 aromatic heterocycles. The van der Waals surface area contributed by atoms with Crippen LogP contribution in [-0.4, -0.2) is 27.4 Å². The summed E-state index contributed by atoms with van der Waals surface area (Å²) in [6, 6.07) is 1.80. The molecule has 25 heavy (non-hydrogen) atoms. The molecule has 0 radical (unpaired) electrons. The van der Waals surface area contributed by atoms with Crippen LogP contribution in [0.25, 0.3) is 0 Å². The van der Waals surface area contributed by atoms with Crippen LogP contribution in [0.2, 0.25) is 0 Å². The topological polar surface area (TPSA) is 87.0 Å². The molecule has 1 saturated carbocycles. The van der Waals surface area contributed by atoms with E-state index in [2.05, 4.69) is 13.8 Å². The number of carbonyl (C=O) groups excluding carboxylic acids is 1. The zero-order valence-corrected chi connectivity index (χ0v) is 15.2. The molecule has 1 spiro atoms. The second-order valence-electron chi connectivity index (χ2n) is 8.89. The first kappa shape index (κ1) is 16.7. The van der Waals surface area contributed by atoms with Gasteiger partial charge in [-0.05, 0) is 30.2 Å². The summed E-state index contributed by atoms with van der Waals surface area (Å²) < 4.78 is 5.63. The molecule has 2 aliphatic heterocycles. The largest absolute Gasteiger partial charge is 0.504 e. The SMILES string of the molecule is CC(C)c1cc2c(c(O)c1O)[C@@]13CCCC(C)(C)C1[C@@H](O)[C@@H]2OC3=O. The number of aliphatic hydroxyl groups excluding tert-OH is 1. The molecule has 5 heteroatoms. The Labute approximate surface area is 147 Å². The number of phenols is 2. The van der Waals surface area contributed by atoms with Crippen LogP contribution in [0.1, 0.15) is 75.7 Å². The van der Waals surface area contributed by atoms with Crippen molar-refractivity contribution in [3.05, 3.63) is 22.8 Å². The first-order valence-electron chi connectivity index (χ1n) is 9.11. The van der Waals surface area contributed by atoms with Gasteiger partial charge in [0, 0.05) is 22.6 Å². The van der Waals surface area contributed by atoms with E-state index in [9.17, 15) is 20.1 Å². The number of hydrogen-bond donors (Lipinski definition) is 3. The lowest BCUT2D eigenvalue weighted by Gasteiger charge is -2.60.